The molecule has 2 aromatic rings. The molecular weight excluding hydrogens is 398 g/mol. The van der Waals surface area contributed by atoms with Crippen molar-refractivity contribution in [2.24, 2.45) is 11.1 Å². The highest BCUT2D eigenvalue weighted by Crippen LogP contribution is 2.36. The van der Waals surface area contributed by atoms with Crippen LogP contribution in [-0.2, 0) is 19.6 Å². The van der Waals surface area contributed by atoms with Crippen molar-refractivity contribution in [3.05, 3.63) is 42.5 Å². The van der Waals surface area contributed by atoms with Gasteiger partial charge in [-0.1, -0.05) is 6.07 Å². The van der Waals surface area contributed by atoms with Gasteiger partial charge in [0.15, 0.2) is 11.5 Å². The second kappa shape index (κ2) is 7.37. The van der Waals surface area contributed by atoms with E-state index in [9.17, 15) is 18.0 Å². The fraction of sp³-hybridized carbons (Fsp3) is 0.263. The first kappa shape index (κ1) is 19.2. The van der Waals surface area contributed by atoms with Crippen molar-refractivity contribution in [2.45, 2.75) is 11.3 Å². The maximum absolute atomic E-state index is 12.6. The van der Waals surface area contributed by atoms with Gasteiger partial charge in [0.05, 0.1) is 10.8 Å². The molecule has 4 rings (SSSR count). The minimum atomic E-state index is -3.88. The standard InChI is InChI=1S/C19H19N3O6S/c20-29(25,26)15-3-1-2-13(9-15)21-19(24)12-8-18(23)22(11-12)14-4-5-16-17(10-14)28-7-6-27-16/h1-5,9-10,12H,6-8,11H2,(H,21,24)(H2,20,25,26)/t12-/m0/s1. The summed E-state index contributed by atoms with van der Waals surface area (Å²) in [6.45, 7) is 1.12. The van der Waals surface area contributed by atoms with Gasteiger partial charge in [-0.05, 0) is 30.3 Å². The van der Waals surface area contributed by atoms with Crippen LogP contribution in [0.1, 0.15) is 6.42 Å². The van der Waals surface area contributed by atoms with Gasteiger partial charge >= 0.3 is 0 Å². The summed E-state index contributed by atoms with van der Waals surface area (Å²) in [7, 11) is -3.88. The molecule has 10 heteroatoms. The van der Waals surface area contributed by atoms with Gasteiger partial charge in [-0.3, -0.25) is 9.59 Å². The summed E-state index contributed by atoms with van der Waals surface area (Å²) in [5.41, 5.74) is 0.928. The van der Waals surface area contributed by atoms with Gasteiger partial charge in [0.25, 0.3) is 0 Å². The summed E-state index contributed by atoms with van der Waals surface area (Å²) < 4.78 is 34.0. The van der Waals surface area contributed by atoms with E-state index in [2.05, 4.69) is 5.32 Å². The zero-order valence-electron chi connectivity index (χ0n) is 15.3. The van der Waals surface area contributed by atoms with Crippen molar-refractivity contribution < 1.29 is 27.5 Å². The molecule has 0 aliphatic carbocycles. The van der Waals surface area contributed by atoms with E-state index in [0.29, 0.717) is 36.1 Å². The normalized spacial score (nSPS) is 18.6. The molecule has 1 fully saturated rings. The van der Waals surface area contributed by atoms with E-state index in [0.717, 1.165) is 0 Å². The van der Waals surface area contributed by atoms with Gasteiger partial charge in [-0.25, -0.2) is 13.6 Å². The Morgan fingerprint density at radius 1 is 1.10 bits per heavy atom. The smallest absolute Gasteiger partial charge is 0.238 e. The molecule has 29 heavy (non-hydrogen) atoms. The number of carbonyl (C=O) groups excluding carboxylic acids is 2. The molecule has 2 aromatic carbocycles. The first-order valence-electron chi connectivity index (χ1n) is 8.95. The zero-order chi connectivity index (χ0) is 20.6. The molecule has 3 N–H and O–H groups in total. The number of primary sulfonamides is 1. The number of nitrogens with one attached hydrogen (secondary N) is 1. The van der Waals surface area contributed by atoms with Gasteiger partial charge < -0.3 is 19.7 Å². The van der Waals surface area contributed by atoms with E-state index in [1.54, 1.807) is 24.3 Å². The Hall–Kier alpha value is -3.11. The quantitative estimate of drug-likeness (QED) is 0.767. The molecule has 2 heterocycles. The number of hydrogen-bond acceptors (Lipinski definition) is 6. The maximum atomic E-state index is 12.6. The molecular formula is C19H19N3O6S. The summed E-state index contributed by atoms with van der Waals surface area (Å²) in [6, 6.07) is 10.9. The largest absolute Gasteiger partial charge is 0.486 e. The van der Waals surface area contributed by atoms with Crippen molar-refractivity contribution in [2.75, 3.05) is 30.0 Å². The topological polar surface area (TPSA) is 128 Å². The highest BCUT2D eigenvalue weighted by atomic mass is 32.2. The number of carbonyl (C=O) groups is 2. The second-order valence-corrected chi connectivity index (χ2v) is 8.36. The van der Waals surface area contributed by atoms with Crippen molar-refractivity contribution in [1.82, 2.24) is 0 Å². The Balaban J connectivity index is 1.47. The summed E-state index contributed by atoms with van der Waals surface area (Å²) in [6.07, 6.45) is 0.0507. The predicted molar refractivity (Wildman–Crippen MR) is 104 cm³/mol. The monoisotopic (exact) mass is 417 g/mol. The zero-order valence-corrected chi connectivity index (χ0v) is 16.1. The second-order valence-electron chi connectivity index (χ2n) is 6.80. The maximum Gasteiger partial charge on any atom is 0.238 e. The number of rotatable bonds is 4. The van der Waals surface area contributed by atoms with E-state index in [-0.39, 0.29) is 29.7 Å². The Bertz CT molecular complexity index is 1090. The van der Waals surface area contributed by atoms with Crippen molar-refractivity contribution >= 4 is 33.2 Å². The van der Waals surface area contributed by atoms with Gasteiger partial charge in [0.1, 0.15) is 13.2 Å². The third kappa shape index (κ3) is 4.03. The Morgan fingerprint density at radius 3 is 2.62 bits per heavy atom. The van der Waals surface area contributed by atoms with Crippen LogP contribution < -0.4 is 24.8 Å². The van der Waals surface area contributed by atoms with E-state index in [1.165, 1.54) is 23.1 Å². The molecule has 152 valence electrons. The van der Waals surface area contributed by atoms with Crippen LogP contribution in [0.5, 0.6) is 11.5 Å². The molecule has 9 nitrogen and oxygen atoms in total. The first-order chi connectivity index (χ1) is 13.8. The van der Waals surface area contributed by atoms with Crippen LogP contribution in [0.4, 0.5) is 11.4 Å². The molecule has 1 atom stereocenters. The van der Waals surface area contributed by atoms with Gasteiger partial charge in [0, 0.05) is 30.4 Å². The molecule has 1 saturated heterocycles. The van der Waals surface area contributed by atoms with Gasteiger partial charge in [0.2, 0.25) is 21.8 Å². The number of fused-ring (bicyclic) bond motifs is 1. The van der Waals surface area contributed by atoms with Crippen LogP contribution in [-0.4, -0.2) is 40.0 Å². The molecule has 0 saturated carbocycles. The summed E-state index contributed by atoms with van der Waals surface area (Å²) in [5.74, 6) is 0.0591. The molecule has 0 radical (unpaired) electrons. The minimum Gasteiger partial charge on any atom is -0.486 e. The molecule has 2 aliphatic heterocycles. The Labute approximate surface area is 167 Å². The predicted octanol–water partition coefficient (Wildman–Crippen LogP) is 1.10. The highest BCUT2D eigenvalue weighted by molar-refractivity contribution is 7.89. The number of sulfonamides is 1. The first-order valence-corrected chi connectivity index (χ1v) is 10.5. The summed E-state index contributed by atoms with van der Waals surface area (Å²) in [4.78, 5) is 26.5. The lowest BCUT2D eigenvalue weighted by atomic mass is 10.1. The van der Waals surface area contributed by atoms with E-state index < -0.39 is 15.9 Å². The van der Waals surface area contributed by atoms with E-state index in [4.69, 9.17) is 14.6 Å². The van der Waals surface area contributed by atoms with Crippen molar-refractivity contribution in [3.63, 3.8) is 0 Å². The molecule has 2 amide bonds. The van der Waals surface area contributed by atoms with E-state index in [1.807, 2.05) is 0 Å². The van der Waals surface area contributed by atoms with Crippen molar-refractivity contribution in [1.29, 1.82) is 0 Å². The number of nitrogens with zero attached hydrogens (tertiary/aromatic N) is 1. The summed E-state index contributed by atoms with van der Waals surface area (Å²) in [5, 5.41) is 7.77. The third-order valence-corrected chi connectivity index (χ3v) is 5.67. The van der Waals surface area contributed by atoms with Crippen LogP contribution in [0.25, 0.3) is 0 Å². The van der Waals surface area contributed by atoms with Crippen LogP contribution in [0.15, 0.2) is 47.4 Å². The molecule has 2 aliphatic rings. The average Bonchev–Trinajstić information content (AvgIpc) is 3.09. The fourth-order valence-corrected chi connectivity index (χ4v) is 3.89. The lowest BCUT2D eigenvalue weighted by Crippen LogP contribution is -2.28. The molecule has 0 spiro atoms. The highest BCUT2D eigenvalue weighted by Gasteiger charge is 2.35. The number of nitrogens with two attached hydrogens (primary N) is 1. The Morgan fingerprint density at radius 2 is 1.86 bits per heavy atom. The van der Waals surface area contributed by atoms with Crippen molar-refractivity contribution in [3.8, 4) is 11.5 Å². The molecule has 0 unspecified atom stereocenters. The number of amides is 2. The van der Waals surface area contributed by atoms with Crippen LogP contribution in [0, 0.1) is 5.92 Å². The van der Waals surface area contributed by atoms with Gasteiger partial charge in [-0.2, -0.15) is 0 Å². The SMILES string of the molecule is NS(=O)(=O)c1cccc(NC(=O)[C@H]2CC(=O)N(c3ccc4c(c3)OCCO4)C2)c1. The van der Waals surface area contributed by atoms with E-state index >= 15 is 0 Å². The Kier molecular flexibility index (Phi) is 4.89. The number of anilines is 2. The summed E-state index contributed by atoms with van der Waals surface area (Å²) >= 11 is 0. The third-order valence-electron chi connectivity index (χ3n) is 4.76. The molecule has 0 aromatic heterocycles. The number of benzene rings is 2. The molecule has 0 bridgehead atoms. The number of hydrogen-bond donors (Lipinski definition) is 2. The average molecular weight is 417 g/mol. The fourth-order valence-electron chi connectivity index (χ4n) is 3.33. The minimum absolute atomic E-state index is 0.0507. The van der Waals surface area contributed by atoms with Crippen LogP contribution in [0.3, 0.4) is 0 Å². The van der Waals surface area contributed by atoms with Crippen LogP contribution >= 0.6 is 0 Å². The lowest BCUT2D eigenvalue weighted by molar-refractivity contribution is -0.122. The van der Waals surface area contributed by atoms with Gasteiger partial charge in [-0.15, -0.1) is 0 Å². The lowest BCUT2D eigenvalue weighted by Gasteiger charge is -2.22. The van der Waals surface area contributed by atoms with Crippen LogP contribution in [0.2, 0.25) is 0 Å². The number of ether oxygens (including phenoxy) is 2.